The third-order valence-corrected chi connectivity index (χ3v) is 4.10. The van der Waals surface area contributed by atoms with Crippen LogP contribution in [0.1, 0.15) is 12.5 Å². The molecule has 3 rings (SSSR count). The summed E-state index contributed by atoms with van der Waals surface area (Å²) in [6.45, 7) is 2.07. The van der Waals surface area contributed by atoms with E-state index >= 15 is 0 Å². The van der Waals surface area contributed by atoms with E-state index < -0.39 is 11.0 Å². The second-order valence-electron chi connectivity index (χ2n) is 6.30. The molecule has 7 nitrogen and oxygen atoms in total. The first-order valence-corrected chi connectivity index (χ1v) is 9.00. The summed E-state index contributed by atoms with van der Waals surface area (Å²) in [5, 5.41) is 13.4. The molecule has 29 heavy (non-hydrogen) atoms. The average Bonchev–Trinajstić information content (AvgIpc) is 2.74. The minimum absolute atomic E-state index is 0.0379. The zero-order valence-corrected chi connectivity index (χ0v) is 15.8. The predicted octanol–water partition coefficient (Wildman–Crippen LogP) is 4.58. The van der Waals surface area contributed by atoms with Gasteiger partial charge >= 0.3 is 0 Å². The lowest BCUT2D eigenvalue weighted by atomic mass is 10.2. The first-order chi connectivity index (χ1) is 14.0. The van der Waals surface area contributed by atoms with Crippen LogP contribution in [0.4, 0.5) is 11.4 Å². The van der Waals surface area contributed by atoms with Crippen LogP contribution >= 0.6 is 0 Å². The number of ether oxygens (including phenoxy) is 2. The molecule has 7 heteroatoms. The molecule has 0 fully saturated rings. The van der Waals surface area contributed by atoms with Gasteiger partial charge in [-0.15, -0.1) is 0 Å². The van der Waals surface area contributed by atoms with Crippen LogP contribution in [-0.2, 0) is 11.4 Å². The van der Waals surface area contributed by atoms with Crippen molar-refractivity contribution in [2.24, 2.45) is 0 Å². The third-order valence-electron chi connectivity index (χ3n) is 4.10. The predicted molar refractivity (Wildman–Crippen MR) is 109 cm³/mol. The van der Waals surface area contributed by atoms with Crippen molar-refractivity contribution in [1.29, 1.82) is 0 Å². The Labute approximate surface area is 168 Å². The number of rotatable bonds is 8. The quantitative estimate of drug-likeness (QED) is 0.448. The number of nitro benzene ring substituents is 1. The third kappa shape index (κ3) is 5.80. The molecule has 0 bridgehead atoms. The molecule has 0 aliphatic heterocycles. The summed E-state index contributed by atoms with van der Waals surface area (Å²) in [4.78, 5) is 22.5. The van der Waals surface area contributed by atoms with Gasteiger partial charge in [-0.2, -0.15) is 0 Å². The molecule has 1 atom stereocenters. The summed E-state index contributed by atoms with van der Waals surface area (Å²) in [5.74, 6) is 0.742. The molecule has 0 saturated carbocycles. The molecule has 1 N–H and O–H groups in total. The number of hydrogen-bond donors (Lipinski definition) is 1. The average molecular weight is 392 g/mol. The molecule has 0 spiro atoms. The zero-order chi connectivity index (χ0) is 20.6. The molecule has 1 amide bonds. The smallest absolute Gasteiger partial charge is 0.269 e. The van der Waals surface area contributed by atoms with E-state index in [0.717, 1.165) is 5.56 Å². The summed E-state index contributed by atoms with van der Waals surface area (Å²) in [6, 6.07) is 22.5. The van der Waals surface area contributed by atoms with Crippen molar-refractivity contribution in [1.82, 2.24) is 0 Å². The number of amides is 1. The van der Waals surface area contributed by atoms with Crippen LogP contribution in [0.25, 0.3) is 0 Å². The molecule has 3 aromatic rings. The highest BCUT2D eigenvalue weighted by molar-refractivity contribution is 5.94. The fourth-order valence-electron chi connectivity index (χ4n) is 2.52. The first-order valence-electron chi connectivity index (χ1n) is 9.00. The number of nitro groups is 1. The van der Waals surface area contributed by atoms with Gasteiger partial charge in [-0.3, -0.25) is 14.9 Å². The molecule has 0 aromatic heterocycles. The van der Waals surface area contributed by atoms with Gasteiger partial charge in [0.05, 0.1) is 4.92 Å². The van der Waals surface area contributed by atoms with Gasteiger partial charge in [-0.25, -0.2) is 0 Å². The minimum Gasteiger partial charge on any atom is -0.489 e. The number of nitrogens with one attached hydrogen (secondary N) is 1. The highest BCUT2D eigenvalue weighted by atomic mass is 16.6. The van der Waals surface area contributed by atoms with Crippen molar-refractivity contribution >= 4 is 17.3 Å². The van der Waals surface area contributed by atoms with Gasteiger partial charge in [0.15, 0.2) is 6.10 Å². The van der Waals surface area contributed by atoms with Gasteiger partial charge in [0, 0.05) is 17.8 Å². The van der Waals surface area contributed by atoms with E-state index in [-0.39, 0.29) is 11.6 Å². The number of nitrogens with zero attached hydrogens (tertiary/aromatic N) is 1. The van der Waals surface area contributed by atoms with Crippen LogP contribution < -0.4 is 14.8 Å². The summed E-state index contributed by atoms with van der Waals surface area (Å²) in [5.41, 5.74) is 1.65. The van der Waals surface area contributed by atoms with E-state index in [1.165, 1.54) is 24.3 Å². The number of non-ortho nitro benzene ring substituents is 1. The van der Waals surface area contributed by atoms with Gasteiger partial charge in [0.1, 0.15) is 18.1 Å². The number of carbonyl (C=O) groups excluding carboxylic acids is 1. The van der Waals surface area contributed by atoms with E-state index in [2.05, 4.69) is 5.32 Å². The monoisotopic (exact) mass is 392 g/mol. The molecule has 0 radical (unpaired) electrons. The van der Waals surface area contributed by atoms with Crippen molar-refractivity contribution < 1.29 is 19.2 Å². The number of anilines is 1. The summed E-state index contributed by atoms with van der Waals surface area (Å²) >= 11 is 0. The lowest BCUT2D eigenvalue weighted by Gasteiger charge is -2.15. The van der Waals surface area contributed by atoms with Crippen LogP contribution in [0, 0.1) is 10.1 Å². The van der Waals surface area contributed by atoms with Gasteiger partial charge < -0.3 is 14.8 Å². The second kappa shape index (κ2) is 9.36. The van der Waals surface area contributed by atoms with E-state index in [1.54, 1.807) is 31.2 Å². The fourth-order valence-corrected chi connectivity index (χ4v) is 2.52. The van der Waals surface area contributed by atoms with E-state index in [1.807, 2.05) is 30.3 Å². The Morgan fingerprint density at radius 2 is 1.59 bits per heavy atom. The fraction of sp³-hybridized carbons (Fsp3) is 0.136. The Balaban J connectivity index is 1.51. The standard InChI is InChI=1S/C22H20N2O5/c1-16(29-21-13-9-19(10-14-21)24(26)27)22(25)23-18-7-11-20(12-8-18)28-15-17-5-3-2-4-6-17/h2-14,16H,15H2,1H3,(H,23,25). The topological polar surface area (TPSA) is 90.7 Å². The first kappa shape index (κ1) is 19.9. The van der Waals surface area contributed by atoms with Crippen molar-refractivity contribution in [2.75, 3.05) is 5.32 Å². The molecule has 0 aliphatic carbocycles. The number of hydrogen-bond acceptors (Lipinski definition) is 5. The molecule has 0 heterocycles. The Morgan fingerprint density at radius 1 is 0.966 bits per heavy atom. The zero-order valence-electron chi connectivity index (χ0n) is 15.8. The van der Waals surface area contributed by atoms with Crippen LogP contribution in [0.3, 0.4) is 0 Å². The lowest BCUT2D eigenvalue weighted by Crippen LogP contribution is -2.30. The molecule has 3 aromatic carbocycles. The Kier molecular flexibility index (Phi) is 6.42. The Bertz CT molecular complexity index is 957. The normalized spacial score (nSPS) is 11.3. The van der Waals surface area contributed by atoms with Gasteiger partial charge in [0.2, 0.25) is 0 Å². The summed E-state index contributed by atoms with van der Waals surface area (Å²) in [6.07, 6.45) is -0.773. The molecule has 0 saturated heterocycles. The van der Waals surface area contributed by atoms with Crippen molar-refractivity contribution in [3.05, 3.63) is 94.5 Å². The maximum Gasteiger partial charge on any atom is 0.269 e. The van der Waals surface area contributed by atoms with Crippen molar-refractivity contribution in [3.8, 4) is 11.5 Å². The van der Waals surface area contributed by atoms with Crippen molar-refractivity contribution in [3.63, 3.8) is 0 Å². The largest absolute Gasteiger partial charge is 0.489 e. The molecular formula is C22H20N2O5. The lowest BCUT2D eigenvalue weighted by molar-refractivity contribution is -0.384. The maximum atomic E-state index is 12.3. The van der Waals surface area contributed by atoms with Crippen LogP contribution in [0.5, 0.6) is 11.5 Å². The SMILES string of the molecule is CC(Oc1ccc([N+](=O)[O-])cc1)C(=O)Nc1ccc(OCc2ccccc2)cc1. The number of carbonyl (C=O) groups is 1. The minimum atomic E-state index is -0.773. The van der Waals surface area contributed by atoms with Crippen LogP contribution in [-0.4, -0.2) is 16.9 Å². The van der Waals surface area contributed by atoms with Gasteiger partial charge in [-0.05, 0) is 48.9 Å². The van der Waals surface area contributed by atoms with E-state index in [4.69, 9.17) is 9.47 Å². The molecule has 1 unspecified atom stereocenters. The number of benzene rings is 3. The van der Waals surface area contributed by atoms with Crippen LogP contribution in [0.15, 0.2) is 78.9 Å². The molecule has 148 valence electrons. The van der Waals surface area contributed by atoms with Crippen LogP contribution in [0.2, 0.25) is 0 Å². The molecular weight excluding hydrogens is 372 g/mol. The maximum absolute atomic E-state index is 12.3. The molecule has 0 aliphatic rings. The highest BCUT2D eigenvalue weighted by Gasteiger charge is 2.15. The van der Waals surface area contributed by atoms with E-state index in [0.29, 0.717) is 23.8 Å². The van der Waals surface area contributed by atoms with Gasteiger partial charge in [0.25, 0.3) is 11.6 Å². The second-order valence-corrected chi connectivity index (χ2v) is 6.30. The Morgan fingerprint density at radius 3 is 2.21 bits per heavy atom. The van der Waals surface area contributed by atoms with E-state index in [9.17, 15) is 14.9 Å². The van der Waals surface area contributed by atoms with Crippen molar-refractivity contribution in [2.45, 2.75) is 19.6 Å². The summed E-state index contributed by atoms with van der Waals surface area (Å²) < 4.78 is 11.3. The summed E-state index contributed by atoms with van der Waals surface area (Å²) in [7, 11) is 0. The highest BCUT2D eigenvalue weighted by Crippen LogP contribution is 2.20. The van der Waals surface area contributed by atoms with Gasteiger partial charge in [-0.1, -0.05) is 30.3 Å². The Hall–Kier alpha value is -3.87.